The predicted octanol–water partition coefficient (Wildman–Crippen LogP) is 3.13. The summed E-state index contributed by atoms with van der Waals surface area (Å²) < 4.78 is 0. The molecule has 2 amide bonds. The topological polar surface area (TPSA) is 108 Å². The molecular formula is C23H28ClN5O4. The van der Waals surface area contributed by atoms with Gasteiger partial charge in [0.2, 0.25) is 11.8 Å². The van der Waals surface area contributed by atoms with Gasteiger partial charge in [-0.1, -0.05) is 29.8 Å². The second-order valence-electron chi connectivity index (χ2n) is 8.12. The van der Waals surface area contributed by atoms with Crippen LogP contribution >= 0.6 is 11.6 Å². The molecule has 1 unspecified atom stereocenters. The van der Waals surface area contributed by atoms with Gasteiger partial charge in [-0.25, -0.2) is 0 Å². The lowest BCUT2D eigenvalue weighted by Gasteiger charge is -2.38. The Labute approximate surface area is 197 Å². The monoisotopic (exact) mass is 473 g/mol. The van der Waals surface area contributed by atoms with Gasteiger partial charge >= 0.3 is 0 Å². The Morgan fingerprint density at radius 1 is 1.12 bits per heavy atom. The molecule has 2 N–H and O–H groups in total. The Balaban J connectivity index is 1.51. The van der Waals surface area contributed by atoms with Crippen LogP contribution in [-0.2, 0) is 9.59 Å². The average molecular weight is 474 g/mol. The van der Waals surface area contributed by atoms with Crippen LogP contribution in [0.25, 0.3) is 0 Å². The number of nitrogens with one attached hydrogen (secondary N) is 2. The van der Waals surface area contributed by atoms with Crippen molar-refractivity contribution in [1.82, 2.24) is 10.2 Å². The fourth-order valence-corrected chi connectivity index (χ4v) is 4.10. The molecule has 1 atom stereocenters. The highest BCUT2D eigenvalue weighted by atomic mass is 35.5. The third-order valence-corrected chi connectivity index (χ3v) is 6.12. The van der Waals surface area contributed by atoms with Crippen molar-refractivity contribution in [3.05, 3.63) is 62.7 Å². The minimum atomic E-state index is -0.437. The normalized spacial score (nSPS) is 15.1. The molecule has 1 fully saturated rings. The highest BCUT2D eigenvalue weighted by molar-refractivity contribution is 6.30. The number of carbonyl (C=O) groups excluding carboxylic acids is 2. The number of nitro benzene ring substituents is 1. The van der Waals surface area contributed by atoms with Gasteiger partial charge in [-0.2, -0.15) is 0 Å². The quantitative estimate of drug-likeness (QED) is 0.472. The summed E-state index contributed by atoms with van der Waals surface area (Å²) in [4.78, 5) is 39.8. The molecule has 2 aromatic rings. The number of aryl methyl sites for hydroxylation is 2. The van der Waals surface area contributed by atoms with Gasteiger partial charge < -0.3 is 15.5 Å². The molecule has 176 valence electrons. The van der Waals surface area contributed by atoms with E-state index in [-0.39, 0.29) is 24.0 Å². The SMILES string of the molecule is Cc1cccc(C)c1NC(=O)CNC(=O)C(C)N1CCN(c2ccc(Cl)cc2[N+](=O)[O-])CC1. The standard InChI is InChI=1S/C23H28ClN5O4/c1-15-5-4-6-16(2)22(15)26-21(30)14-25-23(31)17(3)27-9-11-28(12-10-27)19-8-7-18(24)13-20(19)29(32)33/h4-8,13,17H,9-12,14H2,1-3H3,(H,25,31)(H,26,30). The number of piperazine rings is 1. The number of nitrogens with zero attached hydrogens (tertiary/aromatic N) is 3. The third-order valence-electron chi connectivity index (χ3n) is 5.88. The maximum atomic E-state index is 12.6. The van der Waals surface area contributed by atoms with Crippen LogP contribution in [0.15, 0.2) is 36.4 Å². The zero-order valence-electron chi connectivity index (χ0n) is 18.9. The van der Waals surface area contributed by atoms with E-state index in [2.05, 4.69) is 10.6 Å². The first-order valence-corrected chi connectivity index (χ1v) is 11.1. The number of halogens is 1. The molecule has 1 aliphatic heterocycles. The molecule has 0 radical (unpaired) electrons. The van der Waals surface area contributed by atoms with Gasteiger partial charge in [0.15, 0.2) is 0 Å². The van der Waals surface area contributed by atoms with Crippen molar-refractivity contribution in [2.24, 2.45) is 0 Å². The molecule has 33 heavy (non-hydrogen) atoms. The molecule has 9 nitrogen and oxygen atoms in total. The molecule has 1 heterocycles. The summed E-state index contributed by atoms with van der Waals surface area (Å²) in [6, 6.07) is 9.97. The molecule has 1 saturated heterocycles. The van der Waals surface area contributed by atoms with Crippen molar-refractivity contribution in [2.75, 3.05) is 42.9 Å². The van der Waals surface area contributed by atoms with Crippen LogP contribution < -0.4 is 15.5 Å². The zero-order valence-corrected chi connectivity index (χ0v) is 19.7. The fourth-order valence-electron chi connectivity index (χ4n) is 3.94. The van der Waals surface area contributed by atoms with E-state index in [9.17, 15) is 19.7 Å². The maximum Gasteiger partial charge on any atom is 0.294 e. The number of anilines is 2. The van der Waals surface area contributed by atoms with E-state index >= 15 is 0 Å². The van der Waals surface area contributed by atoms with Crippen LogP contribution in [0.2, 0.25) is 5.02 Å². The summed E-state index contributed by atoms with van der Waals surface area (Å²) >= 11 is 5.91. The van der Waals surface area contributed by atoms with Crippen molar-refractivity contribution in [2.45, 2.75) is 26.8 Å². The van der Waals surface area contributed by atoms with Gasteiger partial charge in [-0.05, 0) is 44.0 Å². The minimum absolute atomic E-state index is 0.0309. The van der Waals surface area contributed by atoms with Crippen LogP contribution in [-0.4, -0.2) is 60.4 Å². The Morgan fingerprint density at radius 3 is 2.36 bits per heavy atom. The number of benzene rings is 2. The van der Waals surface area contributed by atoms with Gasteiger partial charge in [0.05, 0.1) is 17.5 Å². The van der Waals surface area contributed by atoms with E-state index in [1.807, 2.05) is 41.8 Å². The second kappa shape index (κ2) is 10.6. The van der Waals surface area contributed by atoms with Crippen molar-refractivity contribution in [3.63, 3.8) is 0 Å². The largest absolute Gasteiger partial charge is 0.363 e. The highest BCUT2D eigenvalue weighted by Crippen LogP contribution is 2.31. The number of nitro groups is 1. The smallest absolute Gasteiger partial charge is 0.294 e. The first-order valence-electron chi connectivity index (χ1n) is 10.7. The van der Waals surface area contributed by atoms with Crippen molar-refractivity contribution >= 4 is 40.5 Å². The molecule has 10 heteroatoms. The number of para-hydroxylation sites is 1. The van der Waals surface area contributed by atoms with E-state index in [0.717, 1.165) is 16.8 Å². The molecule has 2 aromatic carbocycles. The summed E-state index contributed by atoms with van der Waals surface area (Å²) in [5.41, 5.74) is 3.17. The van der Waals surface area contributed by atoms with Crippen molar-refractivity contribution in [3.8, 4) is 0 Å². The first kappa shape index (κ1) is 24.5. The number of rotatable bonds is 7. The maximum absolute atomic E-state index is 12.6. The zero-order chi connectivity index (χ0) is 24.1. The van der Waals surface area contributed by atoms with Crippen LogP contribution in [0.1, 0.15) is 18.1 Å². The van der Waals surface area contributed by atoms with E-state index in [4.69, 9.17) is 11.6 Å². The molecule has 0 saturated carbocycles. The number of carbonyl (C=O) groups is 2. The Bertz CT molecular complexity index is 1030. The number of hydrogen-bond donors (Lipinski definition) is 2. The van der Waals surface area contributed by atoms with Gasteiger partial charge in [-0.3, -0.25) is 24.6 Å². The fraction of sp³-hybridized carbons (Fsp3) is 0.391. The summed E-state index contributed by atoms with van der Waals surface area (Å²) in [5.74, 6) is -0.523. The Morgan fingerprint density at radius 2 is 1.76 bits per heavy atom. The van der Waals surface area contributed by atoms with Gasteiger partial charge in [0.25, 0.3) is 5.69 Å². The lowest BCUT2D eigenvalue weighted by atomic mass is 10.1. The molecule has 1 aliphatic rings. The van der Waals surface area contributed by atoms with Crippen LogP contribution in [0, 0.1) is 24.0 Å². The molecule has 0 aliphatic carbocycles. The van der Waals surface area contributed by atoms with Gasteiger partial charge in [0.1, 0.15) is 5.69 Å². The van der Waals surface area contributed by atoms with Crippen molar-refractivity contribution < 1.29 is 14.5 Å². The summed E-state index contributed by atoms with van der Waals surface area (Å²) in [5, 5.41) is 17.3. The minimum Gasteiger partial charge on any atom is -0.363 e. The van der Waals surface area contributed by atoms with E-state index in [1.54, 1.807) is 19.1 Å². The molecular weight excluding hydrogens is 446 g/mol. The molecule has 3 rings (SSSR count). The van der Waals surface area contributed by atoms with E-state index < -0.39 is 11.0 Å². The number of amides is 2. The molecule has 0 bridgehead atoms. The Hall–Kier alpha value is -3.17. The van der Waals surface area contributed by atoms with Crippen LogP contribution in [0.3, 0.4) is 0 Å². The van der Waals surface area contributed by atoms with E-state index in [1.165, 1.54) is 6.07 Å². The lowest BCUT2D eigenvalue weighted by molar-refractivity contribution is -0.384. The van der Waals surface area contributed by atoms with E-state index in [0.29, 0.717) is 36.9 Å². The van der Waals surface area contributed by atoms with Gasteiger partial charge in [0, 0.05) is 43.0 Å². The summed E-state index contributed by atoms with van der Waals surface area (Å²) in [6.07, 6.45) is 0. The summed E-state index contributed by atoms with van der Waals surface area (Å²) in [7, 11) is 0. The van der Waals surface area contributed by atoms with Crippen LogP contribution in [0.5, 0.6) is 0 Å². The molecule has 0 aromatic heterocycles. The Kier molecular flexibility index (Phi) is 7.88. The predicted molar refractivity (Wildman–Crippen MR) is 129 cm³/mol. The number of hydrogen-bond acceptors (Lipinski definition) is 6. The third kappa shape index (κ3) is 6.00. The lowest BCUT2D eigenvalue weighted by Crippen LogP contribution is -2.54. The highest BCUT2D eigenvalue weighted by Gasteiger charge is 2.28. The van der Waals surface area contributed by atoms with Gasteiger partial charge in [-0.15, -0.1) is 0 Å². The average Bonchev–Trinajstić information content (AvgIpc) is 2.79. The van der Waals surface area contributed by atoms with Crippen molar-refractivity contribution in [1.29, 1.82) is 0 Å². The first-order chi connectivity index (χ1) is 15.7. The summed E-state index contributed by atoms with van der Waals surface area (Å²) in [6.45, 7) is 7.70. The molecule has 0 spiro atoms. The van der Waals surface area contributed by atoms with Crippen LogP contribution in [0.4, 0.5) is 17.1 Å². The second-order valence-corrected chi connectivity index (χ2v) is 8.56.